The molecule has 1 aliphatic heterocycles. The van der Waals surface area contributed by atoms with Crippen molar-refractivity contribution in [2.24, 2.45) is 0 Å². The number of alkyl halides is 3. The normalized spacial score (nSPS) is 19.2. The quantitative estimate of drug-likeness (QED) is 0.810. The molecule has 0 saturated carbocycles. The number of hydrogen-bond donors (Lipinski definition) is 1. The third-order valence-electron chi connectivity index (χ3n) is 4.28. The lowest BCUT2D eigenvalue weighted by Crippen LogP contribution is -2.39. The smallest absolute Gasteiger partial charge is 0.395 e. The van der Waals surface area contributed by atoms with Crippen molar-refractivity contribution in [1.29, 1.82) is 0 Å². The fourth-order valence-corrected chi connectivity index (χ4v) is 4.72. The molecule has 0 spiro atoms. The van der Waals surface area contributed by atoms with Crippen molar-refractivity contribution in [2.45, 2.75) is 18.6 Å². The van der Waals surface area contributed by atoms with Gasteiger partial charge in [-0.25, -0.2) is 13.4 Å². The summed E-state index contributed by atoms with van der Waals surface area (Å²) < 4.78 is 62.3. The number of sulfone groups is 1. The summed E-state index contributed by atoms with van der Waals surface area (Å²) in [5, 5.41) is 17.0. The molecule has 2 aromatic rings. The Morgan fingerprint density at radius 1 is 1.30 bits per heavy atom. The molecular weight excluding hydrogens is 385 g/mol. The highest BCUT2D eigenvalue weighted by Gasteiger charge is 2.34. The van der Waals surface area contributed by atoms with Gasteiger partial charge in [0, 0.05) is 18.2 Å². The maximum Gasteiger partial charge on any atom is 0.416 e. The van der Waals surface area contributed by atoms with Gasteiger partial charge in [0.05, 0.1) is 35.6 Å². The SMILES string of the molecule is O=S1(=O)CCC(N(CCO)c2nncc(-c3cccc(C(F)(F)F)c3)n2)C1. The van der Waals surface area contributed by atoms with Crippen LogP contribution in [0.1, 0.15) is 12.0 Å². The molecule has 27 heavy (non-hydrogen) atoms. The molecule has 0 aliphatic carbocycles. The standard InChI is InChI=1S/C16H17F3N4O3S/c17-16(18,19)12-3-1-2-11(8-12)14-9-20-22-15(21-14)23(5-6-24)13-4-7-27(25,26)10-13/h1-3,8-9,13,24H,4-7,10H2. The third-order valence-corrected chi connectivity index (χ3v) is 6.03. The number of benzene rings is 1. The van der Waals surface area contributed by atoms with Crippen molar-refractivity contribution < 1.29 is 26.7 Å². The Morgan fingerprint density at radius 3 is 2.70 bits per heavy atom. The molecule has 1 aromatic heterocycles. The van der Waals surface area contributed by atoms with E-state index in [-0.39, 0.29) is 41.9 Å². The van der Waals surface area contributed by atoms with Gasteiger partial charge in [-0.2, -0.15) is 18.3 Å². The van der Waals surface area contributed by atoms with Gasteiger partial charge in [-0.3, -0.25) is 0 Å². The molecule has 146 valence electrons. The van der Waals surface area contributed by atoms with Crippen molar-refractivity contribution in [3.05, 3.63) is 36.0 Å². The lowest BCUT2D eigenvalue weighted by molar-refractivity contribution is -0.137. The number of aliphatic hydroxyl groups is 1. The minimum Gasteiger partial charge on any atom is -0.395 e. The Kier molecular flexibility index (Phi) is 5.33. The molecule has 0 bridgehead atoms. The number of hydrogen-bond acceptors (Lipinski definition) is 7. The number of aromatic nitrogens is 3. The maximum absolute atomic E-state index is 12.9. The monoisotopic (exact) mass is 402 g/mol. The molecule has 0 radical (unpaired) electrons. The minimum absolute atomic E-state index is 0.0281. The molecule has 1 unspecified atom stereocenters. The summed E-state index contributed by atoms with van der Waals surface area (Å²) in [7, 11) is -3.18. The second-order valence-electron chi connectivity index (χ2n) is 6.19. The van der Waals surface area contributed by atoms with Crippen LogP contribution in [0.25, 0.3) is 11.3 Å². The summed E-state index contributed by atoms with van der Waals surface area (Å²) in [5.41, 5.74) is -0.423. The van der Waals surface area contributed by atoms with E-state index in [9.17, 15) is 26.7 Å². The van der Waals surface area contributed by atoms with E-state index in [1.807, 2.05) is 0 Å². The zero-order valence-corrected chi connectivity index (χ0v) is 14.9. The summed E-state index contributed by atoms with van der Waals surface area (Å²) in [6.45, 7) is -0.165. The van der Waals surface area contributed by atoms with Crippen molar-refractivity contribution in [3.8, 4) is 11.3 Å². The summed E-state index contributed by atoms with van der Waals surface area (Å²) in [4.78, 5) is 5.79. The number of nitrogens with zero attached hydrogens (tertiary/aromatic N) is 4. The molecule has 11 heteroatoms. The molecule has 1 atom stereocenters. The topological polar surface area (TPSA) is 96.3 Å². The zero-order valence-electron chi connectivity index (χ0n) is 14.1. The van der Waals surface area contributed by atoms with Crippen molar-refractivity contribution >= 4 is 15.8 Å². The average molecular weight is 402 g/mol. The molecule has 7 nitrogen and oxygen atoms in total. The van der Waals surface area contributed by atoms with Crippen LogP contribution in [0, 0.1) is 0 Å². The van der Waals surface area contributed by atoms with E-state index < -0.39 is 27.6 Å². The van der Waals surface area contributed by atoms with Crippen LogP contribution in [0.2, 0.25) is 0 Å². The second-order valence-corrected chi connectivity index (χ2v) is 8.42. The predicted molar refractivity (Wildman–Crippen MR) is 91.8 cm³/mol. The first-order valence-corrected chi connectivity index (χ1v) is 9.97. The van der Waals surface area contributed by atoms with E-state index in [4.69, 9.17) is 0 Å². The van der Waals surface area contributed by atoms with Crippen LogP contribution >= 0.6 is 0 Å². The molecule has 0 amide bonds. The van der Waals surface area contributed by atoms with Crippen molar-refractivity contribution in [3.63, 3.8) is 0 Å². The Hall–Kier alpha value is -2.27. The van der Waals surface area contributed by atoms with Crippen LogP contribution in [0.3, 0.4) is 0 Å². The molecule has 1 fully saturated rings. The Bertz CT molecular complexity index is 921. The highest BCUT2D eigenvalue weighted by atomic mass is 32.2. The average Bonchev–Trinajstić information content (AvgIpc) is 2.99. The van der Waals surface area contributed by atoms with Crippen molar-refractivity contribution in [1.82, 2.24) is 15.2 Å². The highest BCUT2D eigenvalue weighted by Crippen LogP contribution is 2.32. The number of anilines is 1. The zero-order chi connectivity index (χ0) is 19.7. The first kappa shape index (κ1) is 19.5. The summed E-state index contributed by atoms with van der Waals surface area (Å²) in [5.74, 6) is 0.00544. The van der Waals surface area contributed by atoms with Gasteiger partial charge in [-0.1, -0.05) is 12.1 Å². The van der Waals surface area contributed by atoms with Gasteiger partial charge in [-0.15, -0.1) is 5.10 Å². The van der Waals surface area contributed by atoms with Crippen LogP contribution < -0.4 is 4.90 Å². The van der Waals surface area contributed by atoms with Crippen LogP contribution in [-0.4, -0.2) is 59.4 Å². The van der Waals surface area contributed by atoms with E-state index in [0.29, 0.717) is 6.42 Å². The van der Waals surface area contributed by atoms with E-state index in [1.165, 1.54) is 23.2 Å². The molecule has 1 N–H and O–H groups in total. The molecular formula is C16H17F3N4O3S. The molecule has 1 aromatic carbocycles. The molecule has 1 saturated heterocycles. The largest absolute Gasteiger partial charge is 0.416 e. The lowest BCUT2D eigenvalue weighted by atomic mass is 10.1. The maximum atomic E-state index is 12.9. The fourth-order valence-electron chi connectivity index (χ4n) is 2.98. The fraction of sp³-hybridized carbons (Fsp3) is 0.438. The van der Waals surface area contributed by atoms with E-state index in [0.717, 1.165) is 12.1 Å². The van der Waals surface area contributed by atoms with Crippen molar-refractivity contribution in [2.75, 3.05) is 29.6 Å². The number of halogens is 3. The van der Waals surface area contributed by atoms with E-state index in [2.05, 4.69) is 15.2 Å². The molecule has 1 aliphatic rings. The van der Waals surface area contributed by atoms with Crippen LogP contribution in [0.5, 0.6) is 0 Å². The van der Waals surface area contributed by atoms with Gasteiger partial charge in [0.25, 0.3) is 0 Å². The van der Waals surface area contributed by atoms with E-state index in [1.54, 1.807) is 0 Å². The summed E-state index contributed by atoms with van der Waals surface area (Å²) in [6.07, 6.45) is -2.89. The highest BCUT2D eigenvalue weighted by molar-refractivity contribution is 7.91. The first-order valence-electron chi connectivity index (χ1n) is 8.15. The third kappa shape index (κ3) is 4.53. The lowest BCUT2D eigenvalue weighted by Gasteiger charge is -2.27. The second kappa shape index (κ2) is 7.39. The Balaban J connectivity index is 1.94. The Morgan fingerprint density at radius 2 is 2.07 bits per heavy atom. The minimum atomic E-state index is -4.49. The molecule has 3 rings (SSSR count). The van der Waals surface area contributed by atoms with Gasteiger partial charge in [0.1, 0.15) is 0 Å². The van der Waals surface area contributed by atoms with Gasteiger partial charge in [0.15, 0.2) is 9.84 Å². The summed E-state index contributed by atoms with van der Waals surface area (Å²) >= 11 is 0. The van der Waals surface area contributed by atoms with Crippen LogP contribution in [-0.2, 0) is 16.0 Å². The first-order chi connectivity index (χ1) is 12.7. The predicted octanol–water partition coefficient (Wildman–Crippen LogP) is 1.54. The Labute approximate surface area is 153 Å². The van der Waals surface area contributed by atoms with Gasteiger partial charge >= 0.3 is 6.18 Å². The van der Waals surface area contributed by atoms with Gasteiger partial charge < -0.3 is 10.0 Å². The van der Waals surface area contributed by atoms with Gasteiger partial charge in [-0.05, 0) is 18.6 Å². The summed E-state index contributed by atoms with van der Waals surface area (Å²) in [6, 6.07) is 4.25. The van der Waals surface area contributed by atoms with Gasteiger partial charge in [0.2, 0.25) is 5.95 Å². The number of rotatable bonds is 5. The number of aliphatic hydroxyl groups excluding tert-OH is 1. The molecule has 2 heterocycles. The van der Waals surface area contributed by atoms with Crippen LogP contribution in [0.15, 0.2) is 30.5 Å². The van der Waals surface area contributed by atoms with E-state index >= 15 is 0 Å². The van der Waals surface area contributed by atoms with Crippen LogP contribution in [0.4, 0.5) is 19.1 Å².